The first-order valence-electron chi connectivity index (χ1n) is 8.10. The van der Waals surface area contributed by atoms with Crippen molar-refractivity contribution in [2.75, 3.05) is 6.54 Å². The van der Waals surface area contributed by atoms with Crippen molar-refractivity contribution in [3.05, 3.63) is 63.9 Å². The summed E-state index contributed by atoms with van der Waals surface area (Å²) in [4.78, 5) is 12.5. The normalized spacial score (nSPS) is 13.4. The van der Waals surface area contributed by atoms with Gasteiger partial charge in [0.15, 0.2) is 0 Å². The largest absolute Gasteiger partial charge is 0.329 e. The smallest absolute Gasteiger partial charge is 0.274 e. The number of hydrogen-bond acceptors (Lipinski definition) is 3. The van der Waals surface area contributed by atoms with Gasteiger partial charge in [-0.05, 0) is 42.5 Å². The van der Waals surface area contributed by atoms with Crippen molar-refractivity contribution in [3.63, 3.8) is 0 Å². The highest BCUT2D eigenvalue weighted by molar-refractivity contribution is 5.93. The standard InChI is InChI=1S/C19H19N3O/c20-10-11-22-19(23)17-7-2-1-6-16(17)18(21-22)15-9-8-13-4-3-5-14(13)12-15/h1-2,6-9,12H,3-5,10-11,20H2. The molecule has 1 aromatic heterocycles. The van der Waals surface area contributed by atoms with Gasteiger partial charge in [-0.15, -0.1) is 0 Å². The molecule has 1 heterocycles. The Balaban J connectivity index is 1.99. The lowest BCUT2D eigenvalue weighted by molar-refractivity contribution is 0.596. The average Bonchev–Trinajstić information content (AvgIpc) is 3.05. The molecule has 0 spiro atoms. The Labute approximate surface area is 134 Å². The molecule has 1 aliphatic carbocycles. The van der Waals surface area contributed by atoms with Crippen molar-refractivity contribution in [1.29, 1.82) is 0 Å². The zero-order valence-corrected chi connectivity index (χ0v) is 13.0. The third-order valence-electron chi connectivity index (χ3n) is 4.58. The summed E-state index contributed by atoms with van der Waals surface area (Å²) >= 11 is 0. The van der Waals surface area contributed by atoms with Crippen molar-refractivity contribution in [2.24, 2.45) is 5.73 Å². The maximum atomic E-state index is 12.5. The first-order chi connectivity index (χ1) is 11.3. The molecule has 0 saturated carbocycles. The lowest BCUT2D eigenvalue weighted by Crippen LogP contribution is -2.27. The van der Waals surface area contributed by atoms with Gasteiger partial charge >= 0.3 is 0 Å². The summed E-state index contributed by atoms with van der Waals surface area (Å²) in [5, 5.41) is 6.22. The summed E-state index contributed by atoms with van der Waals surface area (Å²) in [6, 6.07) is 14.2. The maximum Gasteiger partial charge on any atom is 0.274 e. The Morgan fingerprint density at radius 1 is 1.04 bits per heavy atom. The molecule has 4 rings (SSSR count). The molecule has 3 aromatic rings. The van der Waals surface area contributed by atoms with Crippen molar-refractivity contribution >= 4 is 10.8 Å². The summed E-state index contributed by atoms with van der Waals surface area (Å²) < 4.78 is 1.49. The third kappa shape index (κ3) is 2.35. The molecule has 2 aromatic carbocycles. The van der Waals surface area contributed by atoms with Crippen molar-refractivity contribution in [1.82, 2.24) is 9.78 Å². The average molecular weight is 305 g/mol. The van der Waals surface area contributed by atoms with Crippen LogP contribution in [-0.2, 0) is 19.4 Å². The predicted octanol–water partition coefficient (Wildman–Crippen LogP) is 2.51. The number of benzene rings is 2. The van der Waals surface area contributed by atoms with Crippen LogP contribution in [0.25, 0.3) is 22.0 Å². The van der Waals surface area contributed by atoms with Gasteiger partial charge in [0.05, 0.1) is 17.6 Å². The summed E-state index contributed by atoms with van der Waals surface area (Å²) in [5.74, 6) is 0. The van der Waals surface area contributed by atoms with Crippen LogP contribution in [0.1, 0.15) is 17.5 Å². The SMILES string of the molecule is NCCn1nc(-c2ccc3c(c2)CCC3)c2ccccc2c1=O. The molecule has 1 aliphatic rings. The zero-order valence-electron chi connectivity index (χ0n) is 13.0. The first-order valence-corrected chi connectivity index (χ1v) is 8.10. The van der Waals surface area contributed by atoms with Gasteiger partial charge in [0.25, 0.3) is 5.56 Å². The van der Waals surface area contributed by atoms with E-state index in [9.17, 15) is 4.79 Å². The molecule has 0 unspecified atom stereocenters. The number of aromatic nitrogens is 2. The Hall–Kier alpha value is -2.46. The van der Waals surface area contributed by atoms with Gasteiger partial charge in [0.2, 0.25) is 0 Å². The van der Waals surface area contributed by atoms with Gasteiger partial charge < -0.3 is 5.73 Å². The molecular weight excluding hydrogens is 286 g/mol. The van der Waals surface area contributed by atoms with E-state index in [1.807, 2.05) is 24.3 Å². The Morgan fingerprint density at radius 3 is 2.65 bits per heavy atom. The topological polar surface area (TPSA) is 60.9 Å². The predicted molar refractivity (Wildman–Crippen MR) is 92.5 cm³/mol. The van der Waals surface area contributed by atoms with Crippen LogP contribution >= 0.6 is 0 Å². The second-order valence-corrected chi connectivity index (χ2v) is 6.05. The second-order valence-electron chi connectivity index (χ2n) is 6.05. The number of fused-ring (bicyclic) bond motifs is 2. The van der Waals surface area contributed by atoms with Crippen LogP contribution in [0.4, 0.5) is 0 Å². The van der Waals surface area contributed by atoms with Gasteiger partial charge in [-0.1, -0.05) is 30.3 Å². The van der Waals surface area contributed by atoms with Crippen molar-refractivity contribution < 1.29 is 0 Å². The van der Waals surface area contributed by atoms with Crippen LogP contribution in [0.2, 0.25) is 0 Å². The number of aryl methyl sites for hydroxylation is 2. The van der Waals surface area contributed by atoms with E-state index in [2.05, 4.69) is 23.3 Å². The van der Waals surface area contributed by atoms with Gasteiger partial charge in [-0.3, -0.25) is 4.79 Å². The van der Waals surface area contributed by atoms with E-state index in [4.69, 9.17) is 5.73 Å². The molecule has 0 saturated heterocycles. The fraction of sp³-hybridized carbons (Fsp3) is 0.263. The van der Waals surface area contributed by atoms with Gasteiger partial charge in [-0.25, -0.2) is 4.68 Å². The molecule has 23 heavy (non-hydrogen) atoms. The Bertz CT molecular complexity index is 943. The highest BCUT2D eigenvalue weighted by atomic mass is 16.1. The molecule has 0 bridgehead atoms. The van der Waals surface area contributed by atoms with E-state index in [0.29, 0.717) is 18.5 Å². The van der Waals surface area contributed by atoms with Crippen LogP contribution in [0.15, 0.2) is 47.3 Å². The maximum absolute atomic E-state index is 12.5. The van der Waals surface area contributed by atoms with Crippen LogP contribution in [0, 0.1) is 0 Å². The molecule has 0 aliphatic heterocycles. The molecule has 0 amide bonds. The van der Waals surface area contributed by atoms with E-state index in [-0.39, 0.29) is 5.56 Å². The Morgan fingerprint density at radius 2 is 1.83 bits per heavy atom. The molecule has 2 N–H and O–H groups in total. The minimum atomic E-state index is -0.0732. The minimum absolute atomic E-state index is 0.0732. The van der Waals surface area contributed by atoms with Gasteiger partial charge in [-0.2, -0.15) is 5.10 Å². The summed E-state index contributed by atoms with van der Waals surface area (Å²) in [6.07, 6.45) is 3.51. The number of hydrogen-bond donors (Lipinski definition) is 1. The second kappa shape index (κ2) is 5.63. The molecule has 0 fully saturated rings. The van der Waals surface area contributed by atoms with Gasteiger partial charge in [0.1, 0.15) is 0 Å². The van der Waals surface area contributed by atoms with E-state index < -0.39 is 0 Å². The van der Waals surface area contributed by atoms with Crippen LogP contribution in [-0.4, -0.2) is 16.3 Å². The highest BCUT2D eigenvalue weighted by Gasteiger charge is 2.15. The fourth-order valence-electron chi connectivity index (χ4n) is 3.44. The van der Waals surface area contributed by atoms with E-state index in [1.165, 1.54) is 22.2 Å². The van der Waals surface area contributed by atoms with E-state index in [1.54, 1.807) is 0 Å². The molecule has 0 radical (unpaired) electrons. The third-order valence-corrected chi connectivity index (χ3v) is 4.58. The fourth-order valence-corrected chi connectivity index (χ4v) is 3.44. The molecular formula is C19H19N3O. The molecule has 4 heteroatoms. The molecule has 116 valence electrons. The number of nitrogens with zero attached hydrogens (tertiary/aromatic N) is 2. The Kier molecular flexibility index (Phi) is 3.46. The van der Waals surface area contributed by atoms with E-state index in [0.717, 1.165) is 29.5 Å². The summed E-state index contributed by atoms with van der Waals surface area (Å²) in [7, 11) is 0. The number of rotatable bonds is 3. The lowest BCUT2D eigenvalue weighted by atomic mass is 10.0. The van der Waals surface area contributed by atoms with Crippen LogP contribution in [0.3, 0.4) is 0 Å². The number of nitrogens with two attached hydrogens (primary N) is 1. The molecule has 4 nitrogen and oxygen atoms in total. The lowest BCUT2D eigenvalue weighted by Gasteiger charge is -2.11. The van der Waals surface area contributed by atoms with Crippen molar-refractivity contribution in [2.45, 2.75) is 25.8 Å². The first kappa shape index (κ1) is 14.2. The van der Waals surface area contributed by atoms with Crippen LogP contribution < -0.4 is 11.3 Å². The zero-order chi connectivity index (χ0) is 15.8. The highest BCUT2D eigenvalue weighted by Crippen LogP contribution is 2.30. The van der Waals surface area contributed by atoms with Crippen molar-refractivity contribution in [3.8, 4) is 11.3 Å². The monoisotopic (exact) mass is 305 g/mol. The molecule has 0 atom stereocenters. The van der Waals surface area contributed by atoms with Gasteiger partial charge in [0, 0.05) is 17.5 Å². The van der Waals surface area contributed by atoms with E-state index >= 15 is 0 Å². The quantitative estimate of drug-likeness (QED) is 0.809. The van der Waals surface area contributed by atoms with Crippen LogP contribution in [0.5, 0.6) is 0 Å². The minimum Gasteiger partial charge on any atom is -0.329 e. The summed E-state index contributed by atoms with van der Waals surface area (Å²) in [6.45, 7) is 0.830. The summed E-state index contributed by atoms with van der Waals surface area (Å²) in [5.41, 5.74) is 10.3.